The lowest BCUT2D eigenvalue weighted by atomic mass is 10.0. The molecule has 1 saturated heterocycles. The lowest BCUT2D eigenvalue weighted by molar-refractivity contribution is 0.128. The van der Waals surface area contributed by atoms with Gasteiger partial charge in [0.1, 0.15) is 5.82 Å². The van der Waals surface area contributed by atoms with Crippen molar-refractivity contribution in [1.29, 1.82) is 0 Å². The van der Waals surface area contributed by atoms with Crippen LogP contribution in [-0.2, 0) is 6.54 Å². The minimum Gasteiger partial charge on any atom is -0.311 e. The second-order valence-electron chi connectivity index (χ2n) is 5.41. The lowest BCUT2D eigenvalue weighted by Gasteiger charge is -2.39. The number of hydrogen-bond acceptors (Lipinski definition) is 2. The molecule has 0 amide bonds. The van der Waals surface area contributed by atoms with Gasteiger partial charge in [-0.3, -0.25) is 4.90 Å². The molecule has 1 fully saturated rings. The molecule has 2 atom stereocenters. The molecule has 0 saturated carbocycles. The summed E-state index contributed by atoms with van der Waals surface area (Å²) < 4.78 is 13.9. The van der Waals surface area contributed by atoms with E-state index in [1.54, 1.807) is 12.1 Å². The summed E-state index contributed by atoms with van der Waals surface area (Å²) in [5, 5.41) is 4.01. The number of rotatable bonds is 4. The van der Waals surface area contributed by atoms with Gasteiger partial charge in [0.15, 0.2) is 0 Å². The van der Waals surface area contributed by atoms with Crippen molar-refractivity contribution in [2.24, 2.45) is 0 Å². The highest BCUT2D eigenvalue weighted by atomic mass is 35.5. The highest BCUT2D eigenvalue weighted by molar-refractivity contribution is 6.30. The third-order valence-corrected chi connectivity index (χ3v) is 4.04. The SMILES string of the molecule is CCCC1CN(Cc2ccc(Cl)cc2F)C(C)CN1. The maximum Gasteiger partial charge on any atom is 0.129 e. The summed E-state index contributed by atoms with van der Waals surface area (Å²) >= 11 is 5.79. The van der Waals surface area contributed by atoms with Gasteiger partial charge in [0.25, 0.3) is 0 Å². The van der Waals surface area contributed by atoms with E-state index >= 15 is 0 Å². The highest BCUT2D eigenvalue weighted by Crippen LogP contribution is 2.19. The molecule has 1 aromatic rings. The van der Waals surface area contributed by atoms with Crippen LogP contribution >= 0.6 is 11.6 Å². The molecule has 1 N–H and O–H groups in total. The van der Waals surface area contributed by atoms with Crippen LogP contribution in [0.3, 0.4) is 0 Å². The number of nitrogens with zero attached hydrogens (tertiary/aromatic N) is 1. The second kappa shape index (κ2) is 6.69. The van der Waals surface area contributed by atoms with Crippen LogP contribution in [0.5, 0.6) is 0 Å². The van der Waals surface area contributed by atoms with Crippen molar-refractivity contribution in [3.8, 4) is 0 Å². The van der Waals surface area contributed by atoms with Gasteiger partial charge in [-0.15, -0.1) is 0 Å². The molecule has 0 spiro atoms. The smallest absolute Gasteiger partial charge is 0.129 e. The Bertz CT molecular complexity index is 425. The molecule has 1 aliphatic heterocycles. The average molecular weight is 285 g/mol. The summed E-state index contributed by atoms with van der Waals surface area (Å²) in [6.45, 7) is 6.99. The molecule has 0 radical (unpaired) electrons. The predicted octanol–water partition coefficient (Wildman–Crippen LogP) is 3.44. The summed E-state index contributed by atoms with van der Waals surface area (Å²) in [5.41, 5.74) is 0.730. The average Bonchev–Trinajstić information content (AvgIpc) is 2.37. The Balaban J connectivity index is 2.03. The molecule has 2 rings (SSSR count). The van der Waals surface area contributed by atoms with Gasteiger partial charge >= 0.3 is 0 Å². The molecular weight excluding hydrogens is 263 g/mol. The Morgan fingerprint density at radius 3 is 2.95 bits per heavy atom. The van der Waals surface area contributed by atoms with Crippen molar-refractivity contribution < 1.29 is 4.39 Å². The van der Waals surface area contributed by atoms with Crippen LogP contribution in [0.2, 0.25) is 5.02 Å². The van der Waals surface area contributed by atoms with E-state index in [1.165, 1.54) is 18.9 Å². The predicted molar refractivity (Wildman–Crippen MR) is 78.0 cm³/mol. The lowest BCUT2D eigenvalue weighted by Crippen LogP contribution is -2.54. The van der Waals surface area contributed by atoms with Crippen LogP contribution in [0, 0.1) is 5.82 Å². The second-order valence-corrected chi connectivity index (χ2v) is 5.84. The number of piperazine rings is 1. The molecular formula is C15H22ClFN2. The summed E-state index contributed by atoms with van der Waals surface area (Å²) in [6, 6.07) is 5.91. The van der Waals surface area contributed by atoms with Crippen LogP contribution < -0.4 is 5.32 Å². The molecule has 1 aromatic carbocycles. The largest absolute Gasteiger partial charge is 0.311 e. The van der Waals surface area contributed by atoms with E-state index in [-0.39, 0.29) is 5.82 Å². The first kappa shape index (κ1) is 14.8. The van der Waals surface area contributed by atoms with E-state index in [1.807, 2.05) is 0 Å². The summed E-state index contributed by atoms with van der Waals surface area (Å²) in [6.07, 6.45) is 2.35. The van der Waals surface area contributed by atoms with E-state index in [4.69, 9.17) is 11.6 Å². The third kappa shape index (κ3) is 3.91. The zero-order chi connectivity index (χ0) is 13.8. The molecule has 1 aliphatic rings. The fourth-order valence-corrected chi connectivity index (χ4v) is 2.78. The van der Waals surface area contributed by atoms with Crippen molar-refractivity contribution in [1.82, 2.24) is 10.2 Å². The van der Waals surface area contributed by atoms with Gasteiger partial charge in [-0.05, 0) is 25.5 Å². The molecule has 2 nitrogen and oxygen atoms in total. The summed E-state index contributed by atoms with van der Waals surface area (Å²) in [5.74, 6) is -0.203. The van der Waals surface area contributed by atoms with Crippen molar-refractivity contribution in [3.05, 3.63) is 34.6 Å². The first-order valence-electron chi connectivity index (χ1n) is 7.01. The van der Waals surface area contributed by atoms with Gasteiger partial charge in [-0.1, -0.05) is 31.0 Å². The minimum absolute atomic E-state index is 0.203. The van der Waals surface area contributed by atoms with E-state index in [9.17, 15) is 4.39 Å². The zero-order valence-corrected chi connectivity index (χ0v) is 12.4. The molecule has 0 bridgehead atoms. The molecule has 2 unspecified atom stereocenters. The molecule has 106 valence electrons. The van der Waals surface area contributed by atoms with E-state index in [0.717, 1.165) is 18.7 Å². The van der Waals surface area contributed by atoms with E-state index < -0.39 is 0 Å². The Hall–Kier alpha value is -0.640. The minimum atomic E-state index is -0.203. The Morgan fingerprint density at radius 1 is 1.47 bits per heavy atom. The van der Waals surface area contributed by atoms with Crippen molar-refractivity contribution in [3.63, 3.8) is 0 Å². The van der Waals surface area contributed by atoms with E-state index in [2.05, 4.69) is 24.1 Å². The van der Waals surface area contributed by atoms with Crippen molar-refractivity contribution >= 4 is 11.6 Å². The van der Waals surface area contributed by atoms with Crippen LogP contribution in [0.4, 0.5) is 4.39 Å². The molecule has 0 aliphatic carbocycles. The topological polar surface area (TPSA) is 15.3 Å². The third-order valence-electron chi connectivity index (χ3n) is 3.81. The molecule has 4 heteroatoms. The van der Waals surface area contributed by atoms with Crippen LogP contribution in [0.1, 0.15) is 32.3 Å². The standard InChI is InChI=1S/C15H22ClFN2/c1-3-4-14-10-19(11(2)8-18-14)9-12-5-6-13(16)7-15(12)17/h5-7,11,14,18H,3-4,8-10H2,1-2H3. The number of benzene rings is 1. The van der Waals surface area contributed by atoms with Crippen LogP contribution in [0.25, 0.3) is 0 Å². The Kier molecular flexibility index (Phi) is 5.20. The Morgan fingerprint density at radius 2 is 2.26 bits per heavy atom. The quantitative estimate of drug-likeness (QED) is 0.911. The first-order valence-corrected chi connectivity index (χ1v) is 7.39. The van der Waals surface area contributed by atoms with Gasteiger partial charge in [-0.2, -0.15) is 0 Å². The maximum atomic E-state index is 13.9. The number of halogens is 2. The van der Waals surface area contributed by atoms with Gasteiger partial charge in [-0.25, -0.2) is 4.39 Å². The summed E-state index contributed by atoms with van der Waals surface area (Å²) in [7, 11) is 0. The van der Waals surface area contributed by atoms with Crippen LogP contribution in [0.15, 0.2) is 18.2 Å². The van der Waals surface area contributed by atoms with Gasteiger partial charge in [0.2, 0.25) is 0 Å². The monoisotopic (exact) mass is 284 g/mol. The molecule has 19 heavy (non-hydrogen) atoms. The van der Waals surface area contributed by atoms with Crippen molar-refractivity contribution in [2.45, 2.75) is 45.3 Å². The normalized spacial score (nSPS) is 24.6. The molecule has 1 heterocycles. The van der Waals surface area contributed by atoms with Crippen LogP contribution in [-0.4, -0.2) is 30.1 Å². The fraction of sp³-hybridized carbons (Fsp3) is 0.600. The van der Waals surface area contributed by atoms with Gasteiger partial charge in [0, 0.05) is 42.3 Å². The molecule has 0 aromatic heterocycles. The number of hydrogen-bond donors (Lipinski definition) is 1. The van der Waals surface area contributed by atoms with Gasteiger partial charge < -0.3 is 5.32 Å². The number of nitrogens with one attached hydrogen (secondary N) is 1. The fourth-order valence-electron chi connectivity index (χ4n) is 2.62. The highest BCUT2D eigenvalue weighted by Gasteiger charge is 2.24. The maximum absolute atomic E-state index is 13.9. The first-order chi connectivity index (χ1) is 9.10. The van der Waals surface area contributed by atoms with Gasteiger partial charge in [0.05, 0.1) is 0 Å². The van der Waals surface area contributed by atoms with Crippen molar-refractivity contribution in [2.75, 3.05) is 13.1 Å². The van der Waals surface area contributed by atoms with E-state index in [0.29, 0.717) is 23.7 Å². The zero-order valence-electron chi connectivity index (χ0n) is 11.6. The Labute approximate surface area is 119 Å². The summed E-state index contributed by atoms with van der Waals surface area (Å²) in [4.78, 5) is 2.35.